The topological polar surface area (TPSA) is 105 Å². The number of nitrogens with one attached hydrogen (secondary N) is 1. The number of carbonyl (C=O) groups is 3. The maximum Gasteiger partial charge on any atom is 0.408 e. The molecule has 2 aromatic carbocycles. The third-order valence-corrected chi connectivity index (χ3v) is 5.83. The van der Waals surface area contributed by atoms with Gasteiger partial charge in [0, 0.05) is 31.7 Å². The molecule has 0 aliphatic carbocycles. The number of alkyl carbamates (subject to hydrolysis) is 1. The van der Waals surface area contributed by atoms with Crippen molar-refractivity contribution >= 4 is 28.7 Å². The molecule has 0 saturated carbocycles. The van der Waals surface area contributed by atoms with E-state index in [-0.39, 0.29) is 11.8 Å². The van der Waals surface area contributed by atoms with Gasteiger partial charge >= 0.3 is 6.09 Å². The molecular weight excluding hydrogens is 432 g/mol. The van der Waals surface area contributed by atoms with Gasteiger partial charge in [-0.25, -0.2) is 4.79 Å². The number of benzene rings is 2. The molecule has 1 atom stereocenters. The maximum atomic E-state index is 13.2. The molecule has 1 aliphatic heterocycles. The van der Waals surface area contributed by atoms with Crippen molar-refractivity contribution < 1.29 is 19.1 Å². The van der Waals surface area contributed by atoms with Gasteiger partial charge in [-0.05, 0) is 63.4 Å². The highest BCUT2D eigenvalue weighted by atomic mass is 16.6. The van der Waals surface area contributed by atoms with E-state index in [9.17, 15) is 14.4 Å². The van der Waals surface area contributed by atoms with E-state index in [1.807, 2.05) is 42.5 Å². The molecule has 184 valence electrons. The lowest BCUT2D eigenvalue weighted by molar-refractivity contribution is -0.135. The van der Waals surface area contributed by atoms with Gasteiger partial charge in [-0.2, -0.15) is 0 Å². The zero-order chi connectivity index (χ0) is 24.7. The first-order chi connectivity index (χ1) is 16.2. The molecule has 1 aliphatic rings. The normalized spacial score (nSPS) is 15.2. The quantitative estimate of drug-likeness (QED) is 0.608. The lowest BCUT2D eigenvalue weighted by atomic mass is 10.0. The molecular formula is C26H36N4O4. The van der Waals surface area contributed by atoms with Crippen molar-refractivity contribution in [3.8, 4) is 0 Å². The molecule has 1 saturated heterocycles. The van der Waals surface area contributed by atoms with Crippen LogP contribution in [0.5, 0.6) is 0 Å². The van der Waals surface area contributed by atoms with E-state index in [0.29, 0.717) is 44.7 Å². The molecule has 0 spiro atoms. The number of unbranched alkanes of at least 4 members (excludes halogenated alkanes) is 1. The van der Waals surface area contributed by atoms with Crippen LogP contribution in [0.15, 0.2) is 42.5 Å². The Morgan fingerprint density at radius 2 is 1.62 bits per heavy atom. The van der Waals surface area contributed by atoms with Gasteiger partial charge in [0.05, 0.1) is 0 Å². The number of carbonyl (C=O) groups excluding carboxylic acids is 3. The molecule has 3 N–H and O–H groups in total. The first-order valence-corrected chi connectivity index (χ1v) is 11.9. The Morgan fingerprint density at radius 3 is 2.29 bits per heavy atom. The standard InChI is InChI=1S/C26H36N4O4/c1-26(2,3)34-25(33)28-22(13-6-7-14-27)24(32)30-17-15-29(16-18-30)23(31)21-12-8-10-19-9-4-5-11-20(19)21/h4-5,8-12,22H,6-7,13-18,27H2,1-3H3,(H,28,33). The number of nitrogens with two attached hydrogens (primary N) is 1. The van der Waals surface area contributed by atoms with Crippen LogP contribution in [0.4, 0.5) is 4.79 Å². The highest BCUT2D eigenvalue weighted by molar-refractivity contribution is 6.07. The summed E-state index contributed by atoms with van der Waals surface area (Å²) < 4.78 is 5.35. The highest BCUT2D eigenvalue weighted by Gasteiger charge is 2.31. The number of nitrogens with zero attached hydrogens (tertiary/aromatic N) is 2. The molecule has 0 radical (unpaired) electrons. The zero-order valence-corrected chi connectivity index (χ0v) is 20.4. The Bertz CT molecular complexity index is 1000. The number of hydrogen-bond donors (Lipinski definition) is 2. The second kappa shape index (κ2) is 11.3. The largest absolute Gasteiger partial charge is 0.444 e. The van der Waals surface area contributed by atoms with Crippen LogP contribution in [-0.2, 0) is 9.53 Å². The minimum atomic E-state index is -0.679. The fourth-order valence-corrected chi connectivity index (χ4v) is 4.13. The molecule has 0 aromatic heterocycles. The molecule has 3 rings (SSSR count). The second-order valence-corrected chi connectivity index (χ2v) is 9.63. The van der Waals surface area contributed by atoms with Gasteiger partial charge in [0.1, 0.15) is 11.6 Å². The van der Waals surface area contributed by atoms with E-state index in [2.05, 4.69) is 5.32 Å². The Morgan fingerprint density at radius 1 is 0.971 bits per heavy atom. The third-order valence-electron chi connectivity index (χ3n) is 5.83. The molecule has 0 bridgehead atoms. The van der Waals surface area contributed by atoms with Gasteiger partial charge in [-0.15, -0.1) is 0 Å². The van der Waals surface area contributed by atoms with Crippen LogP contribution in [0.25, 0.3) is 10.8 Å². The SMILES string of the molecule is CC(C)(C)OC(=O)NC(CCCCN)C(=O)N1CCN(C(=O)c2cccc3ccccc23)CC1. The van der Waals surface area contributed by atoms with Crippen molar-refractivity contribution in [2.45, 2.75) is 51.7 Å². The minimum absolute atomic E-state index is 0.0322. The van der Waals surface area contributed by atoms with Crippen molar-refractivity contribution in [1.29, 1.82) is 0 Å². The minimum Gasteiger partial charge on any atom is -0.444 e. The van der Waals surface area contributed by atoms with E-state index in [1.54, 1.807) is 30.6 Å². The van der Waals surface area contributed by atoms with E-state index in [4.69, 9.17) is 10.5 Å². The summed E-state index contributed by atoms with van der Waals surface area (Å²) >= 11 is 0. The summed E-state index contributed by atoms with van der Waals surface area (Å²) in [7, 11) is 0. The highest BCUT2D eigenvalue weighted by Crippen LogP contribution is 2.21. The Labute approximate surface area is 201 Å². The fourth-order valence-electron chi connectivity index (χ4n) is 4.13. The number of piperazine rings is 1. The first kappa shape index (κ1) is 25.5. The fraction of sp³-hybridized carbons (Fsp3) is 0.500. The van der Waals surface area contributed by atoms with Crippen LogP contribution in [-0.4, -0.2) is 72.1 Å². The van der Waals surface area contributed by atoms with Gasteiger partial charge in [0.15, 0.2) is 0 Å². The molecule has 8 heteroatoms. The van der Waals surface area contributed by atoms with Crippen molar-refractivity contribution in [2.75, 3.05) is 32.7 Å². The van der Waals surface area contributed by atoms with Gasteiger partial charge in [-0.1, -0.05) is 36.4 Å². The summed E-state index contributed by atoms with van der Waals surface area (Å²) in [6.45, 7) is 7.59. The summed E-state index contributed by atoms with van der Waals surface area (Å²) in [6.07, 6.45) is 1.38. The number of rotatable bonds is 7. The van der Waals surface area contributed by atoms with Gasteiger partial charge in [0.25, 0.3) is 5.91 Å². The summed E-state index contributed by atoms with van der Waals surface area (Å²) in [4.78, 5) is 42.3. The van der Waals surface area contributed by atoms with E-state index in [0.717, 1.165) is 23.6 Å². The van der Waals surface area contributed by atoms with Crippen LogP contribution < -0.4 is 11.1 Å². The van der Waals surface area contributed by atoms with Crippen LogP contribution >= 0.6 is 0 Å². The first-order valence-electron chi connectivity index (χ1n) is 11.9. The van der Waals surface area contributed by atoms with Crippen LogP contribution in [0.2, 0.25) is 0 Å². The predicted octanol–water partition coefficient (Wildman–Crippen LogP) is 3.15. The van der Waals surface area contributed by atoms with Crippen molar-refractivity contribution in [3.63, 3.8) is 0 Å². The Kier molecular flexibility index (Phi) is 8.50. The summed E-state index contributed by atoms with van der Waals surface area (Å²) in [6, 6.07) is 12.9. The Hall–Kier alpha value is -3.13. The van der Waals surface area contributed by atoms with Crippen molar-refractivity contribution in [1.82, 2.24) is 15.1 Å². The molecule has 34 heavy (non-hydrogen) atoms. The number of ether oxygens (including phenoxy) is 1. The average Bonchev–Trinajstić information content (AvgIpc) is 2.81. The van der Waals surface area contributed by atoms with Crippen LogP contribution in [0.1, 0.15) is 50.4 Å². The smallest absolute Gasteiger partial charge is 0.408 e. The lowest BCUT2D eigenvalue weighted by Crippen LogP contribution is -2.56. The van der Waals surface area contributed by atoms with Gasteiger partial charge in [-0.3, -0.25) is 9.59 Å². The van der Waals surface area contributed by atoms with Gasteiger partial charge < -0.3 is 25.6 Å². The number of amides is 3. The number of hydrogen-bond acceptors (Lipinski definition) is 5. The predicted molar refractivity (Wildman–Crippen MR) is 132 cm³/mol. The molecule has 2 aromatic rings. The maximum absolute atomic E-state index is 13.2. The van der Waals surface area contributed by atoms with Gasteiger partial charge in [0.2, 0.25) is 5.91 Å². The van der Waals surface area contributed by atoms with Crippen molar-refractivity contribution in [3.05, 3.63) is 48.0 Å². The molecule has 1 unspecified atom stereocenters. The number of fused-ring (bicyclic) bond motifs is 1. The Balaban J connectivity index is 1.63. The lowest BCUT2D eigenvalue weighted by Gasteiger charge is -2.37. The molecule has 3 amide bonds. The van der Waals surface area contributed by atoms with Crippen LogP contribution in [0, 0.1) is 0 Å². The average molecular weight is 469 g/mol. The summed E-state index contributed by atoms with van der Waals surface area (Å²) in [5.41, 5.74) is 5.62. The second-order valence-electron chi connectivity index (χ2n) is 9.63. The van der Waals surface area contributed by atoms with Crippen LogP contribution in [0.3, 0.4) is 0 Å². The summed E-state index contributed by atoms with van der Waals surface area (Å²) in [5, 5.41) is 4.69. The third kappa shape index (κ3) is 6.70. The van der Waals surface area contributed by atoms with E-state index >= 15 is 0 Å². The monoisotopic (exact) mass is 468 g/mol. The summed E-state index contributed by atoms with van der Waals surface area (Å²) in [5.74, 6) is -0.185. The van der Waals surface area contributed by atoms with E-state index in [1.165, 1.54) is 0 Å². The molecule has 8 nitrogen and oxygen atoms in total. The molecule has 1 fully saturated rings. The van der Waals surface area contributed by atoms with E-state index < -0.39 is 17.7 Å². The molecule has 1 heterocycles. The van der Waals surface area contributed by atoms with Crippen molar-refractivity contribution in [2.24, 2.45) is 5.73 Å². The zero-order valence-electron chi connectivity index (χ0n) is 20.4.